The third-order valence-electron chi connectivity index (χ3n) is 4.34. The summed E-state index contributed by atoms with van der Waals surface area (Å²) in [4.78, 5) is 14.9. The smallest absolute Gasteiger partial charge is 0.254 e. The third-order valence-corrected chi connectivity index (χ3v) is 5.65. The minimum Gasteiger partial charge on any atom is -0.338 e. The molecule has 5 nitrogen and oxygen atoms in total. The summed E-state index contributed by atoms with van der Waals surface area (Å²) in [5.74, 6) is 1.28. The van der Waals surface area contributed by atoms with Crippen molar-refractivity contribution < 1.29 is 4.79 Å². The summed E-state index contributed by atoms with van der Waals surface area (Å²) in [5, 5.41) is 7.18. The van der Waals surface area contributed by atoms with Crippen molar-refractivity contribution >= 4 is 40.7 Å². The number of halogens is 1. The van der Waals surface area contributed by atoms with Crippen molar-refractivity contribution in [3.05, 3.63) is 43.5 Å². The van der Waals surface area contributed by atoms with Crippen LogP contribution in [-0.2, 0) is 7.05 Å². The number of nitrogens with one attached hydrogen (secondary N) is 1. The lowest BCUT2D eigenvalue weighted by Crippen LogP contribution is -2.40. The average Bonchev–Trinajstić information content (AvgIpc) is 2.89. The van der Waals surface area contributed by atoms with Crippen molar-refractivity contribution in [1.29, 1.82) is 0 Å². The second-order valence-corrected chi connectivity index (χ2v) is 7.57. The van der Waals surface area contributed by atoms with Crippen LogP contribution in [0.1, 0.15) is 40.5 Å². The maximum Gasteiger partial charge on any atom is 0.254 e. The van der Waals surface area contributed by atoms with Crippen LogP contribution in [0, 0.1) is 15.3 Å². The number of likely N-dealkylation sites (tertiary alicyclic amines) is 1. The van der Waals surface area contributed by atoms with E-state index in [1.807, 2.05) is 41.6 Å². The van der Waals surface area contributed by atoms with Gasteiger partial charge in [0.25, 0.3) is 5.91 Å². The lowest BCUT2D eigenvalue weighted by molar-refractivity contribution is 0.0702. The molecule has 1 N–H and O–H groups in total. The molecule has 0 saturated carbocycles. The van der Waals surface area contributed by atoms with Crippen molar-refractivity contribution in [2.45, 2.75) is 25.7 Å². The van der Waals surface area contributed by atoms with Crippen molar-refractivity contribution in [2.24, 2.45) is 7.05 Å². The highest BCUT2D eigenvalue weighted by molar-refractivity contribution is 14.1. The monoisotopic (exact) mass is 442 g/mol. The summed E-state index contributed by atoms with van der Waals surface area (Å²) in [6.45, 7) is 3.51. The van der Waals surface area contributed by atoms with E-state index in [2.05, 4.69) is 32.8 Å². The number of amides is 1. The van der Waals surface area contributed by atoms with Gasteiger partial charge in [0.05, 0.1) is 5.56 Å². The van der Waals surface area contributed by atoms with Crippen molar-refractivity contribution in [3.8, 4) is 0 Å². The highest BCUT2D eigenvalue weighted by atomic mass is 127. The number of hydrogen-bond acceptors (Lipinski definition) is 3. The number of nitrogens with zero attached hydrogens (tertiary/aromatic N) is 3. The van der Waals surface area contributed by atoms with Gasteiger partial charge in [0, 0.05) is 29.6 Å². The zero-order valence-corrected chi connectivity index (χ0v) is 16.1. The first-order valence-electron chi connectivity index (χ1n) is 7.64. The van der Waals surface area contributed by atoms with E-state index in [0.717, 1.165) is 39.9 Å². The second-order valence-electron chi connectivity index (χ2n) is 6.02. The molecule has 1 saturated heterocycles. The molecule has 0 bridgehead atoms. The number of piperidine rings is 1. The van der Waals surface area contributed by atoms with Crippen LogP contribution in [0.5, 0.6) is 0 Å². The molecular weight excluding hydrogens is 423 g/mol. The molecule has 0 spiro atoms. The number of carbonyl (C=O) groups is 1. The van der Waals surface area contributed by atoms with Crippen LogP contribution >= 0.6 is 34.8 Å². The molecule has 1 amide bonds. The van der Waals surface area contributed by atoms with Gasteiger partial charge in [-0.05, 0) is 66.7 Å². The number of benzene rings is 1. The van der Waals surface area contributed by atoms with Gasteiger partial charge >= 0.3 is 0 Å². The maximum absolute atomic E-state index is 12.9. The summed E-state index contributed by atoms with van der Waals surface area (Å²) in [6.07, 6.45) is 2.01. The van der Waals surface area contributed by atoms with Gasteiger partial charge in [-0.3, -0.25) is 9.89 Å². The molecule has 1 aliphatic heterocycles. The second kappa shape index (κ2) is 6.72. The standard InChI is InChI=1S/C16H19IN4OS/c1-10-5-6-13(17)12(8-10)15(22)21-7-3-4-11(9-21)14-18-19-16(23)20(14)2/h5-6,8,11H,3-4,7,9H2,1-2H3,(H,19,23). The Bertz CT molecular complexity index is 798. The van der Waals surface area contributed by atoms with Crippen molar-refractivity contribution in [2.75, 3.05) is 13.1 Å². The molecule has 1 atom stereocenters. The largest absolute Gasteiger partial charge is 0.338 e. The molecule has 1 fully saturated rings. The first-order chi connectivity index (χ1) is 11.0. The number of aryl methyl sites for hydroxylation is 1. The summed E-state index contributed by atoms with van der Waals surface area (Å²) in [7, 11) is 1.92. The van der Waals surface area contributed by atoms with E-state index in [1.54, 1.807) is 0 Å². The molecule has 7 heteroatoms. The fourth-order valence-electron chi connectivity index (χ4n) is 3.07. The fraction of sp³-hybridized carbons (Fsp3) is 0.438. The number of aromatic nitrogens is 3. The highest BCUT2D eigenvalue weighted by Gasteiger charge is 2.28. The molecule has 1 unspecified atom stereocenters. The predicted octanol–water partition coefficient (Wildman–Crippen LogP) is 3.41. The number of H-pyrrole nitrogens is 1. The van der Waals surface area contributed by atoms with Crippen LogP contribution in [0.15, 0.2) is 18.2 Å². The molecule has 1 aromatic carbocycles. The normalized spacial score (nSPS) is 18.2. The topological polar surface area (TPSA) is 53.9 Å². The Kier molecular flexibility index (Phi) is 4.86. The van der Waals surface area contributed by atoms with Gasteiger partial charge in [-0.25, -0.2) is 0 Å². The van der Waals surface area contributed by atoms with Crippen LogP contribution in [0.25, 0.3) is 0 Å². The molecule has 23 heavy (non-hydrogen) atoms. The predicted molar refractivity (Wildman–Crippen MR) is 100 cm³/mol. The van der Waals surface area contributed by atoms with E-state index in [1.165, 1.54) is 0 Å². The zero-order valence-electron chi connectivity index (χ0n) is 13.2. The molecule has 1 aromatic heterocycles. The summed E-state index contributed by atoms with van der Waals surface area (Å²) in [5.41, 5.74) is 1.90. The van der Waals surface area contributed by atoms with Gasteiger partial charge < -0.3 is 9.47 Å². The van der Waals surface area contributed by atoms with Gasteiger partial charge in [0.2, 0.25) is 0 Å². The third kappa shape index (κ3) is 3.35. The highest BCUT2D eigenvalue weighted by Crippen LogP contribution is 2.27. The molecule has 2 heterocycles. The molecule has 0 radical (unpaired) electrons. The average molecular weight is 442 g/mol. The Hall–Kier alpha value is -1.22. The van der Waals surface area contributed by atoms with Gasteiger partial charge in [-0.1, -0.05) is 11.6 Å². The van der Waals surface area contributed by atoms with E-state index in [0.29, 0.717) is 11.3 Å². The molecule has 2 aromatic rings. The molecule has 3 rings (SSSR count). The number of carbonyl (C=O) groups excluding carboxylic acids is 1. The maximum atomic E-state index is 12.9. The van der Waals surface area contributed by atoms with Crippen LogP contribution in [0.4, 0.5) is 0 Å². The van der Waals surface area contributed by atoms with E-state index in [-0.39, 0.29) is 11.8 Å². The Morgan fingerprint density at radius 1 is 1.48 bits per heavy atom. The summed E-state index contributed by atoms with van der Waals surface area (Å²) < 4.78 is 3.53. The van der Waals surface area contributed by atoms with E-state index in [9.17, 15) is 4.79 Å². The van der Waals surface area contributed by atoms with Gasteiger partial charge in [-0.2, -0.15) is 5.10 Å². The Balaban J connectivity index is 1.83. The lowest BCUT2D eigenvalue weighted by Gasteiger charge is -2.32. The Morgan fingerprint density at radius 3 is 2.96 bits per heavy atom. The molecule has 1 aliphatic rings. The minimum absolute atomic E-state index is 0.111. The van der Waals surface area contributed by atoms with Gasteiger partial charge in [-0.15, -0.1) is 0 Å². The van der Waals surface area contributed by atoms with Gasteiger partial charge in [0.15, 0.2) is 4.77 Å². The van der Waals surface area contributed by atoms with Crippen LogP contribution in [-0.4, -0.2) is 38.7 Å². The van der Waals surface area contributed by atoms with E-state index < -0.39 is 0 Å². The van der Waals surface area contributed by atoms with Crippen LogP contribution in [0.2, 0.25) is 0 Å². The molecule has 122 valence electrons. The zero-order chi connectivity index (χ0) is 16.6. The van der Waals surface area contributed by atoms with E-state index >= 15 is 0 Å². The fourth-order valence-corrected chi connectivity index (χ4v) is 3.78. The molecule has 0 aliphatic carbocycles. The van der Waals surface area contributed by atoms with Crippen LogP contribution < -0.4 is 0 Å². The number of rotatable bonds is 2. The molecular formula is C16H19IN4OS. The van der Waals surface area contributed by atoms with Crippen LogP contribution in [0.3, 0.4) is 0 Å². The van der Waals surface area contributed by atoms with E-state index in [4.69, 9.17) is 12.2 Å². The first-order valence-corrected chi connectivity index (χ1v) is 9.13. The summed E-state index contributed by atoms with van der Waals surface area (Å²) in [6, 6.07) is 6.01. The quantitative estimate of drug-likeness (QED) is 0.573. The minimum atomic E-state index is 0.111. The van der Waals surface area contributed by atoms with Gasteiger partial charge in [0.1, 0.15) is 5.82 Å². The Labute approximate surface area is 154 Å². The number of hydrogen-bond donors (Lipinski definition) is 1. The first kappa shape index (κ1) is 16.6. The SMILES string of the molecule is Cc1ccc(I)c(C(=O)N2CCCC(c3n[nH]c(=S)n3C)C2)c1. The van der Waals surface area contributed by atoms with Crippen molar-refractivity contribution in [3.63, 3.8) is 0 Å². The lowest BCUT2D eigenvalue weighted by atomic mass is 9.96. The summed E-state index contributed by atoms with van der Waals surface area (Å²) >= 11 is 7.43. The van der Waals surface area contributed by atoms with Crippen molar-refractivity contribution in [1.82, 2.24) is 19.7 Å². The number of aromatic amines is 1. The Morgan fingerprint density at radius 2 is 2.26 bits per heavy atom.